The number of rotatable bonds is 6. The second kappa shape index (κ2) is 6.53. The standard InChI is InChI=1S/C19H20F3N5O3/c1-10-13(19(20,21)22)14(16(29)25-11-3-4-24-12(5-11)15(23)28)27(26-10)9-17-6-18(7-17,8-17)30-2/h3-5H,6-9H2,1-2H3,(H2,23,28)(H,24,25,29). The van der Waals surface area contributed by atoms with Crippen LogP contribution in [-0.4, -0.2) is 39.3 Å². The summed E-state index contributed by atoms with van der Waals surface area (Å²) >= 11 is 0. The Labute approximate surface area is 169 Å². The van der Waals surface area contributed by atoms with Crippen molar-refractivity contribution in [1.82, 2.24) is 14.8 Å². The third-order valence-electron chi connectivity index (χ3n) is 5.91. The summed E-state index contributed by atoms with van der Waals surface area (Å²) in [6, 6.07) is 2.55. The van der Waals surface area contributed by atoms with Crippen molar-refractivity contribution in [2.45, 2.75) is 44.5 Å². The topological polar surface area (TPSA) is 112 Å². The number of nitrogens with zero attached hydrogens (tertiary/aromatic N) is 3. The fourth-order valence-electron chi connectivity index (χ4n) is 4.70. The maximum absolute atomic E-state index is 13.7. The molecular formula is C19H20F3N5O3. The molecule has 0 aromatic carbocycles. The molecule has 3 saturated carbocycles. The molecule has 3 aliphatic carbocycles. The predicted octanol–water partition coefficient (Wildman–Crippen LogP) is 2.53. The summed E-state index contributed by atoms with van der Waals surface area (Å²) in [5.74, 6) is -1.80. The van der Waals surface area contributed by atoms with Gasteiger partial charge in [0.15, 0.2) is 0 Å². The summed E-state index contributed by atoms with van der Waals surface area (Å²) in [6.07, 6.45) is -1.34. The molecule has 0 unspecified atom stereocenters. The second-order valence-corrected chi connectivity index (χ2v) is 8.13. The monoisotopic (exact) mass is 423 g/mol. The molecule has 11 heteroatoms. The number of nitrogens with two attached hydrogens (primary N) is 1. The summed E-state index contributed by atoms with van der Waals surface area (Å²) in [5.41, 5.74) is 2.86. The second-order valence-electron chi connectivity index (χ2n) is 8.13. The van der Waals surface area contributed by atoms with E-state index >= 15 is 0 Å². The largest absolute Gasteiger partial charge is 0.420 e. The zero-order chi connectivity index (χ0) is 21.9. The molecule has 8 nitrogen and oxygen atoms in total. The Morgan fingerprint density at radius 3 is 2.57 bits per heavy atom. The fraction of sp³-hybridized carbons (Fsp3) is 0.474. The maximum atomic E-state index is 13.7. The highest BCUT2D eigenvalue weighted by Crippen LogP contribution is 2.69. The Balaban J connectivity index is 1.66. The first-order chi connectivity index (χ1) is 14.0. The number of halogens is 3. The minimum Gasteiger partial charge on any atom is -0.378 e. The van der Waals surface area contributed by atoms with Gasteiger partial charge in [-0.15, -0.1) is 0 Å². The quantitative estimate of drug-likeness (QED) is 0.742. The van der Waals surface area contributed by atoms with E-state index in [1.807, 2.05) is 0 Å². The van der Waals surface area contributed by atoms with Gasteiger partial charge in [-0.25, -0.2) is 0 Å². The van der Waals surface area contributed by atoms with Gasteiger partial charge in [-0.2, -0.15) is 18.3 Å². The van der Waals surface area contributed by atoms with Crippen LogP contribution in [0, 0.1) is 12.3 Å². The highest BCUT2D eigenvalue weighted by molar-refractivity contribution is 6.05. The molecule has 2 aromatic rings. The number of alkyl halides is 3. The van der Waals surface area contributed by atoms with Crippen LogP contribution in [0.5, 0.6) is 0 Å². The van der Waals surface area contributed by atoms with E-state index < -0.39 is 29.2 Å². The summed E-state index contributed by atoms with van der Waals surface area (Å²) in [4.78, 5) is 27.9. The number of ether oxygens (including phenoxy) is 1. The fourth-order valence-corrected chi connectivity index (χ4v) is 4.70. The normalized spacial score (nSPS) is 24.7. The smallest absolute Gasteiger partial charge is 0.378 e. The molecule has 3 aliphatic rings. The first-order valence-electron chi connectivity index (χ1n) is 9.25. The molecule has 160 valence electrons. The number of carbonyl (C=O) groups excluding carboxylic acids is 2. The number of aromatic nitrogens is 3. The molecule has 2 amide bonds. The molecule has 2 heterocycles. The Morgan fingerprint density at radius 2 is 2.00 bits per heavy atom. The lowest BCUT2D eigenvalue weighted by atomic mass is 9.41. The zero-order valence-electron chi connectivity index (χ0n) is 16.3. The summed E-state index contributed by atoms with van der Waals surface area (Å²) in [5, 5.41) is 6.44. The van der Waals surface area contributed by atoms with Crippen molar-refractivity contribution < 1.29 is 27.5 Å². The number of pyridine rings is 1. The van der Waals surface area contributed by atoms with Gasteiger partial charge in [-0.1, -0.05) is 0 Å². The van der Waals surface area contributed by atoms with Crippen molar-refractivity contribution in [3.63, 3.8) is 0 Å². The van der Waals surface area contributed by atoms with Crippen molar-refractivity contribution in [2.24, 2.45) is 11.1 Å². The van der Waals surface area contributed by atoms with Gasteiger partial charge in [0, 0.05) is 25.5 Å². The number of aryl methyl sites for hydroxylation is 1. The van der Waals surface area contributed by atoms with Crippen molar-refractivity contribution in [3.8, 4) is 0 Å². The van der Waals surface area contributed by atoms with Crippen LogP contribution in [0.1, 0.15) is 51.5 Å². The molecule has 2 aromatic heterocycles. The van der Waals surface area contributed by atoms with Crippen molar-refractivity contribution >= 4 is 17.5 Å². The number of amides is 2. The van der Waals surface area contributed by atoms with Crippen LogP contribution in [-0.2, 0) is 17.5 Å². The SMILES string of the molecule is COC12CC(Cn3nc(C)c(C(F)(F)F)c3C(=O)Nc3ccnc(C(N)=O)c3)(C1)C2. The Kier molecular flexibility index (Phi) is 4.42. The highest BCUT2D eigenvalue weighted by Gasteiger charge is 2.68. The lowest BCUT2D eigenvalue weighted by Gasteiger charge is -2.69. The Hall–Kier alpha value is -2.95. The molecule has 3 fully saturated rings. The van der Waals surface area contributed by atoms with Crippen LogP contribution in [0.25, 0.3) is 0 Å². The molecule has 0 atom stereocenters. The van der Waals surface area contributed by atoms with E-state index in [9.17, 15) is 22.8 Å². The number of hydrogen-bond acceptors (Lipinski definition) is 5. The van der Waals surface area contributed by atoms with Gasteiger partial charge in [-0.3, -0.25) is 19.3 Å². The molecule has 0 saturated heterocycles. The maximum Gasteiger partial charge on any atom is 0.420 e. The van der Waals surface area contributed by atoms with E-state index in [1.165, 1.54) is 25.3 Å². The minimum absolute atomic E-state index is 0.103. The minimum atomic E-state index is -4.75. The number of methoxy groups -OCH3 is 1. The average Bonchev–Trinajstić information content (AvgIpc) is 2.93. The number of primary amides is 1. The molecule has 0 radical (unpaired) electrons. The zero-order valence-corrected chi connectivity index (χ0v) is 16.3. The van der Waals surface area contributed by atoms with E-state index in [-0.39, 0.29) is 34.6 Å². The van der Waals surface area contributed by atoms with Gasteiger partial charge >= 0.3 is 6.18 Å². The van der Waals surface area contributed by atoms with Crippen LogP contribution in [0.2, 0.25) is 0 Å². The van der Waals surface area contributed by atoms with E-state index in [1.54, 1.807) is 7.11 Å². The molecular weight excluding hydrogens is 403 g/mol. The van der Waals surface area contributed by atoms with Crippen LogP contribution in [0.15, 0.2) is 18.3 Å². The van der Waals surface area contributed by atoms with Crippen molar-refractivity contribution in [2.75, 3.05) is 12.4 Å². The van der Waals surface area contributed by atoms with Gasteiger partial charge in [0.2, 0.25) is 0 Å². The van der Waals surface area contributed by atoms with Crippen LogP contribution in [0.3, 0.4) is 0 Å². The summed E-state index contributed by atoms with van der Waals surface area (Å²) < 4.78 is 47.7. The van der Waals surface area contributed by atoms with Crippen LogP contribution in [0.4, 0.5) is 18.9 Å². The third-order valence-corrected chi connectivity index (χ3v) is 5.91. The van der Waals surface area contributed by atoms with E-state index in [0.717, 1.165) is 23.9 Å². The Bertz CT molecular complexity index is 1030. The van der Waals surface area contributed by atoms with Crippen LogP contribution >= 0.6 is 0 Å². The number of hydrogen-bond donors (Lipinski definition) is 2. The van der Waals surface area contributed by atoms with Gasteiger partial charge in [0.05, 0.1) is 11.3 Å². The Morgan fingerprint density at radius 1 is 1.33 bits per heavy atom. The summed E-state index contributed by atoms with van der Waals surface area (Å²) in [7, 11) is 1.62. The number of nitrogens with one attached hydrogen (secondary N) is 1. The first-order valence-corrected chi connectivity index (χ1v) is 9.25. The van der Waals surface area contributed by atoms with E-state index in [2.05, 4.69) is 15.4 Å². The van der Waals surface area contributed by atoms with Crippen molar-refractivity contribution in [1.29, 1.82) is 0 Å². The lowest BCUT2D eigenvalue weighted by molar-refractivity contribution is -0.280. The van der Waals surface area contributed by atoms with Gasteiger partial charge in [0.1, 0.15) is 17.0 Å². The average molecular weight is 423 g/mol. The summed E-state index contributed by atoms with van der Waals surface area (Å²) in [6.45, 7) is 1.42. The van der Waals surface area contributed by atoms with E-state index in [4.69, 9.17) is 10.5 Å². The van der Waals surface area contributed by atoms with Crippen LogP contribution < -0.4 is 11.1 Å². The molecule has 5 rings (SSSR count). The van der Waals surface area contributed by atoms with E-state index in [0.29, 0.717) is 0 Å². The number of carbonyl (C=O) groups is 2. The third kappa shape index (κ3) is 3.22. The first kappa shape index (κ1) is 20.3. The van der Waals surface area contributed by atoms with Crippen molar-refractivity contribution in [3.05, 3.63) is 41.0 Å². The lowest BCUT2D eigenvalue weighted by Crippen LogP contribution is -2.69. The van der Waals surface area contributed by atoms with Gasteiger partial charge in [-0.05, 0) is 43.7 Å². The number of anilines is 1. The molecule has 0 aliphatic heterocycles. The predicted molar refractivity (Wildman–Crippen MR) is 98.7 cm³/mol. The molecule has 0 spiro atoms. The van der Waals surface area contributed by atoms with Gasteiger partial charge < -0.3 is 15.8 Å². The molecule has 2 bridgehead atoms. The van der Waals surface area contributed by atoms with Gasteiger partial charge in [0.25, 0.3) is 11.8 Å². The molecule has 3 N–H and O–H groups in total. The highest BCUT2D eigenvalue weighted by atomic mass is 19.4. The molecule has 30 heavy (non-hydrogen) atoms.